The summed E-state index contributed by atoms with van der Waals surface area (Å²) in [4.78, 5) is 37.3. The molecule has 4 aromatic rings. The number of aromatic nitrogens is 2. The predicted octanol–water partition coefficient (Wildman–Crippen LogP) is 6.13. The van der Waals surface area contributed by atoms with E-state index in [1.165, 1.54) is 5.56 Å². The number of dihydropyridines is 1. The summed E-state index contributed by atoms with van der Waals surface area (Å²) < 4.78 is 7.02. The van der Waals surface area contributed by atoms with Crippen molar-refractivity contribution in [1.29, 1.82) is 0 Å². The largest absolute Gasteiger partial charge is 0.457 e. The quantitative estimate of drug-likeness (QED) is 0.265. The van der Waals surface area contributed by atoms with Crippen molar-refractivity contribution in [1.82, 2.24) is 14.7 Å². The number of carbonyl (C=O) groups is 2. The Morgan fingerprint density at radius 2 is 1.78 bits per heavy atom. The molecule has 230 valence electrons. The van der Waals surface area contributed by atoms with Crippen LogP contribution in [-0.4, -0.2) is 51.6 Å². The number of amides is 1. The number of ether oxygens (including phenoxy) is 1. The maximum absolute atomic E-state index is 13.0. The molecule has 0 aliphatic carbocycles. The second-order valence-corrected chi connectivity index (χ2v) is 12.5. The van der Waals surface area contributed by atoms with Crippen molar-refractivity contribution in [3.63, 3.8) is 0 Å². The molecule has 46 heavy (non-hydrogen) atoms. The van der Waals surface area contributed by atoms with E-state index in [1.54, 1.807) is 6.07 Å². The van der Waals surface area contributed by atoms with E-state index in [1.807, 2.05) is 42.1 Å². The highest BCUT2D eigenvalue weighted by Crippen LogP contribution is 2.38. The van der Waals surface area contributed by atoms with Gasteiger partial charge in [-0.3, -0.25) is 14.7 Å². The first-order valence-electron chi connectivity index (χ1n) is 15.9. The lowest BCUT2D eigenvalue weighted by atomic mass is 9.88. The molecule has 0 spiro atoms. The van der Waals surface area contributed by atoms with Gasteiger partial charge in [0.2, 0.25) is 5.91 Å². The van der Waals surface area contributed by atoms with E-state index in [0.717, 1.165) is 72.0 Å². The van der Waals surface area contributed by atoms with Crippen LogP contribution < -0.4 is 5.32 Å². The Hall–Kier alpha value is -5.15. The Morgan fingerprint density at radius 3 is 2.59 bits per heavy atom. The van der Waals surface area contributed by atoms with Crippen LogP contribution in [-0.2, 0) is 22.7 Å². The van der Waals surface area contributed by atoms with Gasteiger partial charge in [-0.05, 0) is 56.1 Å². The summed E-state index contributed by atoms with van der Waals surface area (Å²) in [5.74, 6) is 0.490. The lowest BCUT2D eigenvalue weighted by Crippen LogP contribution is -2.37. The maximum Gasteiger partial charge on any atom is 0.338 e. The summed E-state index contributed by atoms with van der Waals surface area (Å²) >= 11 is 0. The number of cyclic esters (lactones) is 1. The van der Waals surface area contributed by atoms with Gasteiger partial charge in [0.15, 0.2) is 12.0 Å². The van der Waals surface area contributed by atoms with Crippen molar-refractivity contribution >= 4 is 40.9 Å². The number of benzene rings is 3. The Kier molecular flexibility index (Phi) is 7.18. The lowest BCUT2D eigenvalue weighted by molar-refractivity contribution is -0.121. The molecular weight excluding hydrogens is 576 g/mol. The summed E-state index contributed by atoms with van der Waals surface area (Å²) in [5, 5.41) is 7.72. The number of aryl methyl sites for hydroxylation is 1. The molecule has 1 aromatic heterocycles. The molecule has 8 rings (SSSR count). The highest BCUT2D eigenvalue weighted by atomic mass is 16.5. The van der Waals surface area contributed by atoms with E-state index >= 15 is 0 Å². The zero-order valence-corrected chi connectivity index (χ0v) is 25.6. The van der Waals surface area contributed by atoms with Crippen LogP contribution in [0.2, 0.25) is 0 Å². The Labute approximate surface area is 267 Å². The molecule has 0 saturated carbocycles. The van der Waals surface area contributed by atoms with E-state index in [2.05, 4.69) is 69.8 Å². The number of rotatable bonds is 6. The van der Waals surface area contributed by atoms with Gasteiger partial charge in [0, 0.05) is 47.1 Å². The van der Waals surface area contributed by atoms with Crippen LogP contribution in [0, 0.1) is 18.8 Å². The number of fused-ring (bicyclic) bond motifs is 4. The van der Waals surface area contributed by atoms with Crippen LogP contribution >= 0.6 is 0 Å². The number of nitrogens with zero attached hydrogens (tertiary/aromatic N) is 5. The average molecular weight is 611 g/mol. The van der Waals surface area contributed by atoms with Gasteiger partial charge in [0.05, 0.1) is 22.9 Å². The van der Waals surface area contributed by atoms with Gasteiger partial charge >= 0.3 is 5.97 Å². The molecular formula is C37H34N6O3. The molecule has 9 nitrogen and oxygen atoms in total. The van der Waals surface area contributed by atoms with Crippen molar-refractivity contribution < 1.29 is 14.3 Å². The Balaban J connectivity index is 0.940. The molecule has 4 aliphatic rings. The van der Waals surface area contributed by atoms with Crippen molar-refractivity contribution in [2.24, 2.45) is 21.8 Å². The van der Waals surface area contributed by atoms with Crippen LogP contribution in [0.25, 0.3) is 5.57 Å². The summed E-state index contributed by atoms with van der Waals surface area (Å²) in [6.07, 6.45) is 5.68. The fourth-order valence-corrected chi connectivity index (χ4v) is 6.84. The van der Waals surface area contributed by atoms with Gasteiger partial charge in [-0.1, -0.05) is 66.7 Å². The minimum absolute atomic E-state index is 0.00900. The van der Waals surface area contributed by atoms with Crippen LogP contribution in [0.5, 0.6) is 0 Å². The molecule has 1 N–H and O–H groups in total. The molecule has 2 unspecified atom stereocenters. The molecule has 2 atom stereocenters. The second kappa shape index (κ2) is 11.7. The monoisotopic (exact) mass is 610 g/mol. The van der Waals surface area contributed by atoms with Gasteiger partial charge in [-0.15, -0.1) is 0 Å². The molecule has 3 aromatic carbocycles. The first-order chi connectivity index (χ1) is 22.5. The standard InChI is InChI=1S/C37H34N6O3/c1-23-17-33-38-20-29-18-31(25-5-3-2-4-6-25)34(40-35(29)43(33)41-23)26-9-7-24(8-10-26)21-42-15-13-27(14-16-42)36(44)39-30-12-11-28-22-46-37(45)32(28)19-30/h2-12,17-20,27,29,35H,13-16,21-22H2,1H3,(H,39,44). The zero-order valence-electron chi connectivity index (χ0n) is 25.6. The number of esters is 1. The summed E-state index contributed by atoms with van der Waals surface area (Å²) in [6.45, 7) is 4.81. The van der Waals surface area contributed by atoms with E-state index in [9.17, 15) is 9.59 Å². The summed E-state index contributed by atoms with van der Waals surface area (Å²) in [7, 11) is 0. The molecule has 9 heteroatoms. The second-order valence-electron chi connectivity index (χ2n) is 12.5. The van der Waals surface area contributed by atoms with E-state index in [0.29, 0.717) is 17.9 Å². The highest BCUT2D eigenvalue weighted by Gasteiger charge is 2.32. The average Bonchev–Trinajstić information content (AvgIpc) is 3.66. The third kappa shape index (κ3) is 5.37. The normalized spacial score (nSPS) is 20.7. The number of hydrogen-bond donors (Lipinski definition) is 1. The molecule has 4 aliphatic heterocycles. The van der Waals surface area contributed by atoms with Crippen LogP contribution in [0.1, 0.15) is 57.3 Å². The van der Waals surface area contributed by atoms with Crippen LogP contribution in [0.4, 0.5) is 11.5 Å². The van der Waals surface area contributed by atoms with Crippen molar-refractivity contribution in [3.8, 4) is 0 Å². The van der Waals surface area contributed by atoms with Crippen molar-refractivity contribution in [2.45, 2.75) is 39.1 Å². The molecule has 0 bridgehead atoms. The molecule has 1 amide bonds. The van der Waals surface area contributed by atoms with Gasteiger partial charge in [0.25, 0.3) is 0 Å². The number of likely N-dealkylation sites (tertiary alicyclic amines) is 1. The number of allylic oxidation sites excluding steroid dienone is 1. The summed E-state index contributed by atoms with van der Waals surface area (Å²) in [6, 6.07) is 26.5. The fraction of sp³-hybridized carbons (Fsp3) is 0.270. The maximum atomic E-state index is 13.0. The first-order valence-corrected chi connectivity index (χ1v) is 15.9. The van der Waals surface area contributed by atoms with Crippen LogP contribution in [0.15, 0.2) is 94.9 Å². The van der Waals surface area contributed by atoms with Crippen LogP contribution in [0.3, 0.4) is 0 Å². The number of anilines is 1. The molecule has 1 saturated heterocycles. The van der Waals surface area contributed by atoms with Gasteiger partial charge in [-0.2, -0.15) is 5.10 Å². The van der Waals surface area contributed by atoms with Gasteiger partial charge in [-0.25, -0.2) is 14.5 Å². The highest BCUT2D eigenvalue weighted by molar-refractivity contribution is 6.32. The topological polar surface area (TPSA) is 101 Å². The minimum atomic E-state index is -0.331. The third-order valence-electron chi connectivity index (χ3n) is 9.32. The number of carbonyl (C=O) groups excluding carboxylic acids is 2. The lowest BCUT2D eigenvalue weighted by Gasteiger charge is -2.31. The molecule has 5 heterocycles. The van der Waals surface area contributed by atoms with Crippen molar-refractivity contribution in [3.05, 3.63) is 118 Å². The fourth-order valence-electron chi connectivity index (χ4n) is 6.84. The zero-order chi connectivity index (χ0) is 31.2. The van der Waals surface area contributed by atoms with Crippen molar-refractivity contribution in [2.75, 3.05) is 18.4 Å². The number of hydrogen-bond acceptors (Lipinski definition) is 7. The molecule has 1 fully saturated rings. The van der Waals surface area contributed by atoms with E-state index in [-0.39, 0.29) is 29.9 Å². The van der Waals surface area contributed by atoms with Gasteiger partial charge in [0.1, 0.15) is 6.61 Å². The predicted molar refractivity (Wildman–Crippen MR) is 177 cm³/mol. The third-order valence-corrected chi connectivity index (χ3v) is 9.32. The SMILES string of the molecule is Cc1cc2n(n1)C1N=C(c3ccc(CN4CCC(C(=O)Nc5ccc6c(c5)C(=O)OC6)CC4)cc3)C(c3ccccc3)=CC1C=N2. The first kappa shape index (κ1) is 28.3. The minimum Gasteiger partial charge on any atom is -0.457 e. The molecule has 0 radical (unpaired) electrons. The Morgan fingerprint density at radius 1 is 0.978 bits per heavy atom. The number of aliphatic imine (C=N–C) groups is 2. The smallest absolute Gasteiger partial charge is 0.338 e. The van der Waals surface area contributed by atoms with E-state index < -0.39 is 0 Å². The number of piperidine rings is 1. The van der Waals surface area contributed by atoms with Gasteiger partial charge < -0.3 is 10.1 Å². The Bertz CT molecular complexity index is 1920. The number of nitrogens with one attached hydrogen (secondary N) is 1. The van der Waals surface area contributed by atoms with E-state index in [4.69, 9.17) is 14.8 Å². The summed E-state index contributed by atoms with van der Waals surface area (Å²) in [5.41, 5.74) is 8.47.